The number of carboxylic acids is 2. The maximum atomic E-state index is 11.9. The molecule has 3 aromatic rings. The molecule has 0 aromatic carbocycles. The molecule has 1 unspecified atom stereocenters. The van der Waals surface area contributed by atoms with Crippen LogP contribution in [0, 0.1) is 13.8 Å². The van der Waals surface area contributed by atoms with Crippen LogP contribution in [0.5, 0.6) is 0 Å². The second kappa shape index (κ2) is 21.6. The van der Waals surface area contributed by atoms with Gasteiger partial charge in [-0.25, -0.2) is 9.97 Å². The summed E-state index contributed by atoms with van der Waals surface area (Å²) in [6.45, 7) is 18.3. The Hall–Kier alpha value is -5.10. The molecule has 12 heteroatoms. The van der Waals surface area contributed by atoms with Gasteiger partial charge in [0.2, 0.25) is 0 Å². The third kappa shape index (κ3) is 12.1. The number of carboxylic acid groups (broad SMARTS) is 2. The van der Waals surface area contributed by atoms with Crippen molar-refractivity contribution in [3.63, 3.8) is 0 Å². The fourth-order valence-corrected chi connectivity index (χ4v) is 7.87. The maximum absolute atomic E-state index is 11.9. The van der Waals surface area contributed by atoms with Crippen molar-refractivity contribution in [2.45, 2.75) is 125 Å². The van der Waals surface area contributed by atoms with E-state index < -0.39 is 24.3 Å². The summed E-state index contributed by atoms with van der Waals surface area (Å²) >= 11 is 0. The van der Waals surface area contributed by atoms with Gasteiger partial charge in [-0.05, 0) is 117 Å². The predicted octanol–water partition coefficient (Wildman–Crippen LogP) is 9.64. The minimum atomic E-state index is -2.00. The first-order valence-corrected chi connectivity index (χ1v) is 20.6. The third-order valence-corrected chi connectivity index (χ3v) is 11.3. The average Bonchev–Trinajstić information content (AvgIpc) is 3.85. The van der Waals surface area contributed by atoms with Gasteiger partial charge in [-0.1, -0.05) is 88.6 Å². The molecule has 5 N–H and O–H groups in total. The van der Waals surface area contributed by atoms with E-state index in [2.05, 4.69) is 52.5 Å². The van der Waals surface area contributed by atoms with Crippen LogP contribution in [0.25, 0.3) is 44.4 Å². The van der Waals surface area contributed by atoms with E-state index in [1.54, 1.807) is 18.2 Å². The molecule has 0 radical (unpaired) electrons. The van der Waals surface area contributed by atoms with Crippen LogP contribution < -0.4 is 9.97 Å². The molecule has 5 heterocycles. The molecular formula is C49H58FeN4O7. The number of carbonyl (C=O) groups is 2. The molecule has 5 rings (SSSR count). The molecule has 8 bridgehead atoms. The van der Waals surface area contributed by atoms with Crippen LogP contribution in [0.15, 0.2) is 71.9 Å². The van der Waals surface area contributed by atoms with Crippen LogP contribution >= 0.6 is 0 Å². The molecule has 0 amide bonds. The second-order valence-electron chi connectivity index (χ2n) is 16.1. The second-order valence-corrected chi connectivity index (χ2v) is 16.1. The molecule has 11 nitrogen and oxygen atoms in total. The Labute approximate surface area is 369 Å². The number of aliphatic carboxylic acids is 2. The molecule has 0 aliphatic carbocycles. The molecule has 61 heavy (non-hydrogen) atoms. The molecule has 2 aliphatic heterocycles. The first kappa shape index (κ1) is 48.6. The number of aliphatic hydroxyl groups is 3. The van der Waals surface area contributed by atoms with E-state index in [9.17, 15) is 35.1 Å². The van der Waals surface area contributed by atoms with Gasteiger partial charge in [0.25, 0.3) is 0 Å². The molecule has 0 saturated heterocycles. The van der Waals surface area contributed by atoms with Crippen molar-refractivity contribution in [3.8, 4) is 0 Å². The third-order valence-electron chi connectivity index (χ3n) is 11.3. The summed E-state index contributed by atoms with van der Waals surface area (Å²) in [6, 6.07) is 6.95. The van der Waals surface area contributed by atoms with Crippen molar-refractivity contribution < 1.29 is 52.2 Å². The number of aliphatic hydroxyl groups excluding tert-OH is 2. The molecular weight excluding hydrogens is 812 g/mol. The Morgan fingerprint density at radius 2 is 1.23 bits per heavy atom. The van der Waals surface area contributed by atoms with Crippen molar-refractivity contribution in [1.82, 2.24) is 19.9 Å². The van der Waals surface area contributed by atoms with Crippen molar-refractivity contribution in [2.75, 3.05) is 0 Å². The van der Waals surface area contributed by atoms with Crippen molar-refractivity contribution >= 4 is 56.3 Å². The summed E-state index contributed by atoms with van der Waals surface area (Å²) in [5.74, 6) is -2.05. The first-order valence-electron chi connectivity index (χ1n) is 20.6. The molecule has 3 aromatic heterocycles. The smallest absolute Gasteiger partial charge is 0.657 e. The van der Waals surface area contributed by atoms with Gasteiger partial charge in [-0.2, -0.15) is 0 Å². The molecule has 1 atom stereocenters. The fraction of sp³-hybridized carbons (Fsp3) is 0.388. The number of hydrogen-bond acceptors (Lipinski definition) is 7. The minimum Gasteiger partial charge on any atom is -0.657 e. The van der Waals surface area contributed by atoms with Crippen LogP contribution in [0.4, 0.5) is 0 Å². The monoisotopic (exact) mass is 870 g/mol. The van der Waals surface area contributed by atoms with Gasteiger partial charge in [-0.3, -0.25) is 9.59 Å². The number of fused-ring (bicyclic) bond motifs is 8. The standard InChI is InChI=1S/C49H60N4O7.Fe/c1-9-33-30(6)37-24-42-47(44(54)18-12-17-29(5)16-11-15-28(4)14-10-13-27(2)3)32(8)38(52-42)25-43-48(49(59)60)35(20-22-46(57)58)41(53-43)26-40-34(19-21-45(55)56)31(7)36(51-40)23-39(33)50-37;/h9,13,15,17,23-26,44,49,54,59-60H,1,10-12,14,16,18-22H2,2-8H3,(H4,50,51,52,53,55,56,57,58);/q;+2/p-2/b28-15+,29-17+,36-23?,37-24?,38-25?,39-23?,40-26?,41-26?,42-24?,43-25?;. The Kier molecular flexibility index (Phi) is 17.2. The Balaban J connectivity index is 0.00000819. The van der Waals surface area contributed by atoms with E-state index in [-0.39, 0.29) is 59.7 Å². The summed E-state index contributed by atoms with van der Waals surface area (Å²) in [6.07, 6.45) is 10.3. The minimum absolute atomic E-state index is 0. The largest absolute Gasteiger partial charge is 2.00 e. The van der Waals surface area contributed by atoms with E-state index in [0.717, 1.165) is 42.4 Å². The van der Waals surface area contributed by atoms with Crippen LogP contribution in [-0.2, 0) is 33.1 Å². The van der Waals surface area contributed by atoms with Gasteiger partial charge >= 0.3 is 29.0 Å². The molecule has 0 saturated carbocycles. The van der Waals surface area contributed by atoms with E-state index in [1.165, 1.54) is 16.7 Å². The number of allylic oxidation sites excluding steroid dienone is 10. The topological polar surface area (TPSA) is 189 Å². The predicted molar refractivity (Wildman–Crippen MR) is 239 cm³/mol. The van der Waals surface area contributed by atoms with Crippen LogP contribution in [0.2, 0.25) is 0 Å². The van der Waals surface area contributed by atoms with Gasteiger partial charge in [0.1, 0.15) is 0 Å². The zero-order valence-electron chi connectivity index (χ0n) is 36.2. The summed E-state index contributed by atoms with van der Waals surface area (Å²) in [7, 11) is 0. The average molecular weight is 871 g/mol. The number of rotatable bonds is 18. The van der Waals surface area contributed by atoms with Crippen LogP contribution in [0.1, 0.15) is 144 Å². The van der Waals surface area contributed by atoms with Crippen LogP contribution in [0.3, 0.4) is 0 Å². The van der Waals surface area contributed by atoms with Gasteiger partial charge in [0.05, 0.1) is 28.9 Å². The van der Waals surface area contributed by atoms with Gasteiger partial charge in [0.15, 0.2) is 6.29 Å². The molecule has 324 valence electrons. The van der Waals surface area contributed by atoms with Crippen molar-refractivity contribution in [1.29, 1.82) is 0 Å². The Morgan fingerprint density at radius 3 is 1.85 bits per heavy atom. The van der Waals surface area contributed by atoms with E-state index >= 15 is 0 Å². The number of hydrogen-bond donors (Lipinski definition) is 5. The molecule has 0 spiro atoms. The summed E-state index contributed by atoms with van der Waals surface area (Å²) < 4.78 is 0. The maximum Gasteiger partial charge on any atom is 2.00 e. The van der Waals surface area contributed by atoms with E-state index in [4.69, 9.17) is 19.9 Å². The normalized spacial score (nSPS) is 13.8. The number of nitrogens with zero attached hydrogens (tertiary/aromatic N) is 4. The summed E-state index contributed by atoms with van der Waals surface area (Å²) in [5.41, 5.74) is 12.3. The molecule has 2 aliphatic rings. The van der Waals surface area contributed by atoms with Crippen molar-refractivity contribution in [2.24, 2.45) is 0 Å². The zero-order chi connectivity index (χ0) is 43.8. The van der Waals surface area contributed by atoms with Gasteiger partial charge in [-0.15, -0.1) is 22.1 Å². The Bertz CT molecular complexity index is 2490. The van der Waals surface area contributed by atoms with Crippen LogP contribution in [-0.4, -0.2) is 53.7 Å². The first-order chi connectivity index (χ1) is 28.5. The van der Waals surface area contributed by atoms with Gasteiger partial charge in [0, 0.05) is 24.0 Å². The Morgan fingerprint density at radius 1 is 0.689 bits per heavy atom. The van der Waals surface area contributed by atoms with E-state index in [1.807, 2.05) is 32.9 Å². The fourth-order valence-electron chi connectivity index (χ4n) is 7.87. The van der Waals surface area contributed by atoms with Gasteiger partial charge < -0.3 is 35.5 Å². The summed E-state index contributed by atoms with van der Waals surface area (Å²) in [4.78, 5) is 43.2. The summed E-state index contributed by atoms with van der Waals surface area (Å²) in [5, 5.41) is 52.6. The quantitative estimate of drug-likeness (QED) is 0.0465. The SMILES string of the molecule is C=CC1=C(C)c2cc3[n-]c(cc4nc(cc5[n-]c(cc1n2)c(C)c5CCC(=O)O)C(CCC(=O)O)=C4C(O)O)c(C)c3C(O)CC/C=C(\C)CC/C=C(\C)CCC=C(C)C.[Fe+2]. The molecule has 0 fully saturated rings. The number of aromatic nitrogens is 4. The van der Waals surface area contributed by atoms with E-state index in [0.29, 0.717) is 68.6 Å². The zero-order valence-corrected chi connectivity index (χ0v) is 37.4. The van der Waals surface area contributed by atoms with Crippen molar-refractivity contribution in [3.05, 3.63) is 117 Å². The number of aryl methyl sites for hydroxylation is 3.